The van der Waals surface area contributed by atoms with Crippen molar-refractivity contribution < 1.29 is 9.90 Å². The molecule has 4 heteroatoms. The minimum atomic E-state index is -0.349. The predicted molar refractivity (Wildman–Crippen MR) is 56.3 cm³/mol. The number of hydrogen-bond donors (Lipinski definition) is 2. The van der Waals surface area contributed by atoms with Crippen molar-refractivity contribution in [1.82, 2.24) is 10.3 Å². The van der Waals surface area contributed by atoms with E-state index in [-0.39, 0.29) is 23.3 Å². The van der Waals surface area contributed by atoms with Crippen LogP contribution in [-0.2, 0) is 0 Å². The predicted octanol–water partition coefficient (Wildman–Crippen LogP) is 0.929. The van der Waals surface area contributed by atoms with E-state index in [1.165, 1.54) is 18.5 Å². The number of pyridine rings is 1. The summed E-state index contributed by atoms with van der Waals surface area (Å²) in [5.74, 6) is 1.96. The lowest BCUT2D eigenvalue weighted by molar-refractivity contribution is 0.0938. The second kappa shape index (κ2) is 5.01. The Morgan fingerprint density at radius 1 is 1.80 bits per heavy atom. The number of terminal acetylenes is 1. The van der Waals surface area contributed by atoms with E-state index in [1.807, 2.05) is 0 Å². The molecule has 15 heavy (non-hydrogen) atoms. The first-order valence-electron chi connectivity index (χ1n) is 4.52. The summed E-state index contributed by atoms with van der Waals surface area (Å²) in [5, 5.41) is 12.0. The van der Waals surface area contributed by atoms with Gasteiger partial charge in [0.05, 0.1) is 11.8 Å². The van der Waals surface area contributed by atoms with Crippen LogP contribution in [0, 0.1) is 12.3 Å². The van der Waals surface area contributed by atoms with Gasteiger partial charge in [-0.2, -0.15) is 0 Å². The van der Waals surface area contributed by atoms with Crippen LogP contribution in [0.5, 0.6) is 5.75 Å². The third-order valence-electron chi connectivity index (χ3n) is 1.85. The van der Waals surface area contributed by atoms with Crippen molar-refractivity contribution >= 4 is 5.91 Å². The number of amides is 1. The van der Waals surface area contributed by atoms with Gasteiger partial charge in [-0.1, -0.05) is 0 Å². The first-order chi connectivity index (χ1) is 7.15. The van der Waals surface area contributed by atoms with E-state index in [0.717, 1.165) is 0 Å². The SMILES string of the molecule is C#CCC(C)NC(=O)c1ccncc1O. The molecular formula is C11H12N2O2. The molecule has 0 radical (unpaired) electrons. The fourth-order valence-corrected chi connectivity index (χ4v) is 1.11. The summed E-state index contributed by atoms with van der Waals surface area (Å²) >= 11 is 0. The van der Waals surface area contributed by atoms with Gasteiger partial charge in [-0.3, -0.25) is 9.78 Å². The second-order valence-corrected chi connectivity index (χ2v) is 3.18. The van der Waals surface area contributed by atoms with Crippen LogP contribution in [0.4, 0.5) is 0 Å². The monoisotopic (exact) mass is 204 g/mol. The van der Waals surface area contributed by atoms with Crippen LogP contribution in [0.1, 0.15) is 23.7 Å². The lowest BCUT2D eigenvalue weighted by Crippen LogP contribution is -2.32. The van der Waals surface area contributed by atoms with Crippen molar-refractivity contribution in [3.8, 4) is 18.1 Å². The van der Waals surface area contributed by atoms with E-state index >= 15 is 0 Å². The lowest BCUT2D eigenvalue weighted by atomic mass is 10.2. The molecule has 0 bridgehead atoms. The van der Waals surface area contributed by atoms with Gasteiger partial charge in [-0.25, -0.2) is 0 Å². The molecule has 0 saturated heterocycles. The normalized spacial score (nSPS) is 11.5. The van der Waals surface area contributed by atoms with Gasteiger partial charge in [0, 0.05) is 18.7 Å². The molecule has 0 aromatic carbocycles. The molecule has 0 saturated carbocycles. The van der Waals surface area contributed by atoms with Crippen LogP contribution < -0.4 is 5.32 Å². The highest BCUT2D eigenvalue weighted by Gasteiger charge is 2.12. The number of carbonyl (C=O) groups excluding carboxylic acids is 1. The summed E-state index contributed by atoms with van der Waals surface area (Å²) in [6.07, 6.45) is 8.24. The van der Waals surface area contributed by atoms with E-state index in [0.29, 0.717) is 6.42 Å². The van der Waals surface area contributed by atoms with Crippen LogP contribution in [-0.4, -0.2) is 22.0 Å². The third kappa shape index (κ3) is 2.99. The molecule has 0 spiro atoms. The Kier molecular flexibility index (Phi) is 3.69. The molecule has 1 aromatic heterocycles. The zero-order valence-electron chi connectivity index (χ0n) is 8.40. The van der Waals surface area contributed by atoms with Gasteiger partial charge < -0.3 is 10.4 Å². The van der Waals surface area contributed by atoms with Crippen molar-refractivity contribution in [3.63, 3.8) is 0 Å². The van der Waals surface area contributed by atoms with E-state index in [2.05, 4.69) is 16.2 Å². The lowest BCUT2D eigenvalue weighted by Gasteiger charge is -2.11. The van der Waals surface area contributed by atoms with Crippen molar-refractivity contribution in [2.45, 2.75) is 19.4 Å². The molecular weight excluding hydrogens is 192 g/mol. The average molecular weight is 204 g/mol. The smallest absolute Gasteiger partial charge is 0.255 e. The molecule has 0 aliphatic rings. The highest BCUT2D eigenvalue weighted by Crippen LogP contribution is 2.13. The largest absolute Gasteiger partial charge is 0.505 e. The Labute approximate surface area is 88.3 Å². The fourth-order valence-electron chi connectivity index (χ4n) is 1.11. The Morgan fingerprint density at radius 3 is 3.13 bits per heavy atom. The van der Waals surface area contributed by atoms with E-state index in [1.54, 1.807) is 6.92 Å². The van der Waals surface area contributed by atoms with Gasteiger partial charge >= 0.3 is 0 Å². The topological polar surface area (TPSA) is 62.2 Å². The Hall–Kier alpha value is -2.02. The number of aromatic hydroxyl groups is 1. The molecule has 0 fully saturated rings. The van der Waals surface area contributed by atoms with Crippen molar-refractivity contribution in [2.75, 3.05) is 0 Å². The van der Waals surface area contributed by atoms with E-state index in [4.69, 9.17) is 6.42 Å². The van der Waals surface area contributed by atoms with Crippen LogP contribution >= 0.6 is 0 Å². The number of aromatic nitrogens is 1. The van der Waals surface area contributed by atoms with Gasteiger partial charge in [-0.05, 0) is 13.0 Å². The van der Waals surface area contributed by atoms with Crippen LogP contribution in [0.3, 0.4) is 0 Å². The molecule has 4 nitrogen and oxygen atoms in total. The Morgan fingerprint density at radius 2 is 2.53 bits per heavy atom. The van der Waals surface area contributed by atoms with Crippen LogP contribution in [0.15, 0.2) is 18.5 Å². The highest BCUT2D eigenvalue weighted by atomic mass is 16.3. The summed E-state index contributed by atoms with van der Waals surface area (Å²) in [6, 6.07) is 1.34. The number of carbonyl (C=O) groups is 1. The first-order valence-corrected chi connectivity index (χ1v) is 4.52. The number of rotatable bonds is 3. The van der Waals surface area contributed by atoms with Gasteiger partial charge in [0.2, 0.25) is 0 Å². The maximum atomic E-state index is 11.6. The summed E-state index contributed by atoms with van der Waals surface area (Å²) in [5.41, 5.74) is 0.203. The number of nitrogens with one attached hydrogen (secondary N) is 1. The van der Waals surface area contributed by atoms with Crippen LogP contribution in [0.25, 0.3) is 0 Å². The zero-order valence-corrected chi connectivity index (χ0v) is 8.40. The maximum absolute atomic E-state index is 11.6. The van der Waals surface area contributed by atoms with Crippen molar-refractivity contribution in [1.29, 1.82) is 0 Å². The summed E-state index contributed by atoms with van der Waals surface area (Å²) < 4.78 is 0. The maximum Gasteiger partial charge on any atom is 0.255 e. The molecule has 1 heterocycles. The molecule has 1 aromatic rings. The standard InChI is InChI=1S/C11H12N2O2/c1-3-4-8(2)13-11(15)9-5-6-12-7-10(9)14/h1,5-8,14H,4H2,2H3,(H,13,15). The first kappa shape index (κ1) is 11.1. The molecule has 2 N–H and O–H groups in total. The van der Waals surface area contributed by atoms with Gasteiger partial charge in [0.1, 0.15) is 5.75 Å². The number of hydrogen-bond acceptors (Lipinski definition) is 3. The van der Waals surface area contributed by atoms with Crippen LogP contribution in [0.2, 0.25) is 0 Å². The summed E-state index contributed by atoms with van der Waals surface area (Å²) in [4.78, 5) is 15.3. The number of nitrogens with zero attached hydrogens (tertiary/aromatic N) is 1. The van der Waals surface area contributed by atoms with Gasteiger partial charge in [0.15, 0.2) is 0 Å². The fraction of sp³-hybridized carbons (Fsp3) is 0.273. The molecule has 0 aliphatic carbocycles. The minimum Gasteiger partial charge on any atom is -0.505 e. The van der Waals surface area contributed by atoms with Crippen molar-refractivity contribution in [2.24, 2.45) is 0 Å². The minimum absolute atomic E-state index is 0.116. The average Bonchev–Trinajstić information content (AvgIpc) is 2.18. The van der Waals surface area contributed by atoms with Gasteiger partial charge in [-0.15, -0.1) is 12.3 Å². The third-order valence-corrected chi connectivity index (χ3v) is 1.85. The molecule has 78 valence electrons. The molecule has 0 aliphatic heterocycles. The zero-order chi connectivity index (χ0) is 11.3. The molecule has 1 unspecified atom stereocenters. The summed E-state index contributed by atoms with van der Waals surface area (Å²) in [7, 11) is 0. The molecule has 1 atom stereocenters. The van der Waals surface area contributed by atoms with E-state index < -0.39 is 0 Å². The quantitative estimate of drug-likeness (QED) is 0.720. The molecule has 1 amide bonds. The second-order valence-electron chi connectivity index (χ2n) is 3.18. The Bertz CT molecular complexity index is 396. The van der Waals surface area contributed by atoms with Gasteiger partial charge in [0.25, 0.3) is 5.91 Å². The van der Waals surface area contributed by atoms with Crippen molar-refractivity contribution in [3.05, 3.63) is 24.0 Å². The highest BCUT2D eigenvalue weighted by molar-refractivity contribution is 5.96. The summed E-state index contributed by atoms with van der Waals surface area (Å²) in [6.45, 7) is 1.80. The van der Waals surface area contributed by atoms with E-state index in [9.17, 15) is 9.90 Å². The Balaban J connectivity index is 2.70. The molecule has 1 rings (SSSR count).